The molecule has 0 fully saturated rings. The molecule has 1 aromatic rings. The normalized spacial score (nSPS) is 10.4. The molecule has 0 aliphatic heterocycles. The molecule has 0 heterocycles. The van der Waals surface area contributed by atoms with Gasteiger partial charge in [-0.1, -0.05) is 30.3 Å². The van der Waals surface area contributed by atoms with E-state index < -0.39 is 18.2 Å². The summed E-state index contributed by atoms with van der Waals surface area (Å²) in [5.74, 6) is 0. The standard InChI is InChI=1S/C13H20N4O4/c14-12(20)16(6-8-18)11(10-4-2-1-3-5-10)17(7-9-19)13(15)21/h1-5,11,18-19H,6-9H2,(H2,14,20)(H2,15,21). The van der Waals surface area contributed by atoms with E-state index in [0.29, 0.717) is 5.56 Å². The van der Waals surface area contributed by atoms with E-state index in [2.05, 4.69) is 0 Å². The average Bonchev–Trinajstić information content (AvgIpc) is 2.46. The van der Waals surface area contributed by atoms with E-state index in [1.165, 1.54) is 0 Å². The predicted molar refractivity (Wildman–Crippen MR) is 75.9 cm³/mol. The third-order valence-corrected chi connectivity index (χ3v) is 2.94. The summed E-state index contributed by atoms with van der Waals surface area (Å²) in [6.45, 7) is -0.774. The first-order chi connectivity index (χ1) is 10.0. The van der Waals surface area contributed by atoms with Crippen molar-refractivity contribution in [3.8, 4) is 0 Å². The first kappa shape index (κ1) is 16.7. The summed E-state index contributed by atoms with van der Waals surface area (Å²) in [7, 11) is 0. The molecule has 0 atom stereocenters. The predicted octanol–water partition coefficient (Wildman–Crippen LogP) is -0.569. The number of benzene rings is 1. The number of amides is 4. The summed E-state index contributed by atoms with van der Waals surface area (Å²) >= 11 is 0. The molecule has 0 aliphatic rings. The number of aliphatic hydroxyl groups excluding tert-OH is 2. The van der Waals surface area contributed by atoms with E-state index in [-0.39, 0.29) is 26.3 Å². The largest absolute Gasteiger partial charge is 0.395 e. The van der Waals surface area contributed by atoms with Crippen molar-refractivity contribution >= 4 is 12.1 Å². The highest BCUT2D eigenvalue weighted by Gasteiger charge is 2.31. The van der Waals surface area contributed by atoms with Crippen molar-refractivity contribution in [1.82, 2.24) is 9.80 Å². The van der Waals surface area contributed by atoms with E-state index >= 15 is 0 Å². The number of primary amides is 2. The first-order valence-electron chi connectivity index (χ1n) is 6.41. The second kappa shape index (κ2) is 8.08. The summed E-state index contributed by atoms with van der Waals surface area (Å²) in [6.07, 6.45) is -0.888. The van der Waals surface area contributed by atoms with Gasteiger partial charge in [0.1, 0.15) is 6.17 Å². The van der Waals surface area contributed by atoms with Gasteiger partial charge in [0.2, 0.25) is 0 Å². The van der Waals surface area contributed by atoms with Crippen LogP contribution in [-0.4, -0.2) is 58.4 Å². The number of nitrogens with zero attached hydrogens (tertiary/aromatic N) is 2. The molecule has 0 aromatic heterocycles. The maximum Gasteiger partial charge on any atom is 0.316 e. The van der Waals surface area contributed by atoms with Crippen LogP contribution in [0, 0.1) is 0 Å². The van der Waals surface area contributed by atoms with Crippen molar-refractivity contribution in [2.45, 2.75) is 6.17 Å². The maximum absolute atomic E-state index is 11.6. The Hall–Kier alpha value is -2.32. The van der Waals surface area contributed by atoms with E-state index in [4.69, 9.17) is 21.7 Å². The van der Waals surface area contributed by atoms with Crippen molar-refractivity contribution in [3.63, 3.8) is 0 Å². The minimum atomic E-state index is -0.888. The molecule has 21 heavy (non-hydrogen) atoms. The van der Waals surface area contributed by atoms with Gasteiger partial charge in [-0.05, 0) is 5.56 Å². The van der Waals surface area contributed by atoms with Crippen LogP contribution in [0.4, 0.5) is 9.59 Å². The molecule has 0 bridgehead atoms. The van der Waals surface area contributed by atoms with E-state index in [9.17, 15) is 9.59 Å². The zero-order valence-corrected chi connectivity index (χ0v) is 11.6. The van der Waals surface area contributed by atoms with E-state index in [0.717, 1.165) is 9.80 Å². The lowest BCUT2D eigenvalue weighted by molar-refractivity contribution is 0.0689. The molecule has 8 nitrogen and oxygen atoms in total. The molecule has 0 unspecified atom stereocenters. The molecule has 116 valence electrons. The molecule has 0 radical (unpaired) electrons. The number of rotatable bonds is 7. The highest BCUT2D eigenvalue weighted by atomic mass is 16.3. The van der Waals surface area contributed by atoms with Crippen molar-refractivity contribution < 1.29 is 19.8 Å². The first-order valence-corrected chi connectivity index (χ1v) is 6.41. The van der Waals surface area contributed by atoms with Gasteiger partial charge in [-0.25, -0.2) is 9.59 Å². The van der Waals surface area contributed by atoms with Crippen LogP contribution in [0.5, 0.6) is 0 Å². The Kier molecular flexibility index (Phi) is 6.44. The zero-order valence-electron chi connectivity index (χ0n) is 11.6. The van der Waals surface area contributed by atoms with Crippen molar-refractivity contribution in [1.29, 1.82) is 0 Å². The Morgan fingerprint density at radius 2 is 1.38 bits per heavy atom. The number of hydrogen-bond acceptors (Lipinski definition) is 4. The van der Waals surface area contributed by atoms with Gasteiger partial charge in [0.05, 0.1) is 13.2 Å². The average molecular weight is 296 g/mol. The molecule has 0 saturated heterocycles. The van der Waals surface area contributed by atoms with Crippen molar-refractivity contribution in [3.05, 3.63) is 35.9 Å². The summed E-state index contributed by atoms with van der Waals surface area (Å²) in [5.41, 5.74) is 11.3. The molecular formula is C13H20N4O4. The lowest BCUT2D eigenvalue weighted by Crippen LogP contribution is -2.52. The fourth-order valence-electron chi connectivity index (χ4n) is 2.07. The van der Waals surface area contributed by atoms with Gasteiger partial charge in [-0.3, -0.25) is 9.80 Å². The fourth-order valence-corrected chi connectivity index (χ4v) is 2.07. The number of carbonyl (C=O) groups excluding carboxylic acids is 2. The number of urea groups is 2. The molecule has 1 aromatic carbocycles. The van der Waals surface area contributed by atoms with Gasteiger partial charge >= 0.3 is 12.1 Å². The van der Waals surface area contributed by atoms with Crippen LogP contribution in [0.25, 0.3) is 0 Å². The highest BCUT2D eigenvalue weighted by Crippen LogP contribution is 2.24. The monoisotopic (exact) mass is 296 g/mol. The van der Waals surface area contributed by atoms with Gasteiger partial charge in [-0.15, -0.1) is 0 Å². The van der Waals surface area contributed by atoms with Gasteiger partial charge in [0, 0.05) is 13.1 Å². The summed E-state index contributed by atoms with van der Waals surface area (Å²) in [5, 5.41) is 18.2. The Labute approximate surface area is 122 Å². The quantitative estimate of drug-likeness (QED) is 0.501. The van der Waals surface area contributed by atoms with Crippen LogP contribution in [0.15, 0.2) is 30.3 Å². The Bertz CT molecular complexity index is 444. The van der Waals surface area contributed by atoms with Gasteiger partial charge in [-0.2, -0.15) is 0 Å². The van der Waals surface area contributed by atoms with Crippen LogP contribution in [0.3, 0.4) is 0 Å². The van der Waals surface area contributed by atoms with E-state index in [1.807, 2.05) is 0 Å². The molecule has 0 saturated carbocycles. The smallest absolute Gasteiger partial charge is 0.316 e. The Morgan fingerprint density at radius 1 is 0.952 bits per heavy atom. The second-order valence-electron chi connectivity index (χ2n) is 4.29. The molecule has 4 amide bonds. The lowest BCUT2D eigenvalue weighted by Gasteiger charge is -2.37. The summed E-state index contributed by atoms with van der Waals surface area (Å²) in [4.78, 5) is 25.5. The zero-order chi connectivity index (χ0) is 15.8. The van der Waals surface area contributed by atoms with Crippen LogP contribution in [0.1, 0.15) is 11.7 Å². The molecule has 1 rings (SSSR count). The van der Waals surface area contributed by atoms with Gasteiger partial charge in [0.25, 0.3) is 0 Å². The number of carbonyl (C=O) groups is 2. The molecule has 6 N–H and O–H groups in total. The van der Waals surface area contributed by atoms with Crippen LogP contribution >= 0.6 is 0 Å². The van der Waals surface area contributed by atoms with Crippen LogP contribution < -0.4 is 11.5 Å². The summed E-state index contributed by atoms with van der Waals surface area (Å²) < 4.78 is 0. The molecule has 8 heteroatoms. The van der Waals surface area contributed by atoms with Crippen molar-refractivity contribution in [2.75, 3.05) is 26.3 Å². The Balaban J connectivity index is 3.26. The van der Waals surface area contributed by atoms with Crippen molar-refractivity contribution in [2.24, 2.45) is 11.5 Å². The third-order valence-electron chi connectivity index (χ3n) is 2.94. The van der Waals surface area contributed by atoms with E-state index in [1.54, 1.807) is 30.3 Å². The molecular weight excluding hydrogens is 276 g/mol. The number of hydrogen-bond donors (Lipinski definition) is 4. The van der Waals surface area contributed by atoms with Crippen LogP contribution in [-0.2, 0) is 0 Å². The minimum absolute atomic E-state index is 0.0654. The SMILES string of the molecule is NC(=O)N(CCO)C(c1ccccc1)N(CCO)C(N)=O. The minimum Gasteiger partial charge on any atom is -0.395 e. The number of nitrogens with two attached hydrogens (primary N) is 2. The highest BCUT2D eigenvalue weighted by molar-refractivity contribution is 5.76. The summed E-state index contributed by atoms with van der Waals surface area (Å²) in [6, 6.07) is 7.04. The topological polar surface area (TPSA) is 133 Å². The lowest BCUT2D eigenvalue weighted by atomic mass is 10.1. The maximum atomic E-state index is 11.6. The fraction of sp³-hybridized carbons (Fsp3) is 0.385. The second-order valence-corrected chi connectivity index (χ2v) is 4.29. The number of aliphatic hydroxyl groups is 2. The third kappa shape index (κ3) is 4.33. The molecule has 0 aliphatic carbocycles. The van der Waals surface area contributed by atoms with Crippen LogP contribution in [0.2, 0.25) is 0 Å². The van der Waals surface area contributed by atoms with Gasteiger partial charge in [0.15, 0.2) is 0 Å². The molecule has 0 spiro atoms. The Morgan fingerprint density at radius 3 is 1.71 bits per heavy atom. The van der Waals surface area contributed by atoms with Gasteiger partial charge < -0.3 is 21.7 Å².